The number of carboxylic acid groups (broad SMARTS) is 1. The Morgan fingerprint density at radius 3 is 2.79 bits per heavy atom. The topological polar surface area (TPSA) is 46.5 Å². The zero-order valence-corrected chi connectivity index (χ0v) is 12.2. The van der Waals surface area contributed by atoms with Gasteiger partial charge in [0.1, 0.15) is 5.82 Å². The Balaban J connectivity index is 2.36. The largest absolute Gasteiger partial charge is 0.481 e. The molecular formula is C14H16BrFO3. The van der Waals surface area contributed by atoms with E-state index in [0.29, 0.717) is 16.6 Å². The van der Waals surface area contributed by atoms with Crippen LogP contribution in [0.3, 0.4) is 0 Å². The molecule has 2 rings (SSSR count). The minimum Gasteiger partial charge on any atom is -0.481 e. The summed E-state index contributed by atoms with van der Waals surface area (Å²) in [5.74, 6) is -1.19. The summed E-state index contributed by atoms with van der Waals surface area (Å²) in [6, 6.07) is 3.41. The van der Waals surface area contributed by atoms with Crippen molar-refractivity contribution in [2.75, 3.05) is 7.11 Å². The van der Waals surface area contributed by atoms with E-state index < -0.39 is 5.97 Å². The molecule has 1 N–H and O–H groups in total. The van der Waals surface area contributed by atoms with Crippen LogP contribution in [0.15, 0.2) is 16.6 Å². The molecule has 19 heavy (non-hydrogen) atoms. The lowest BCUT2D eigenvalue weighted by Gasteiger charge is -2.17. The molecule has 5 heteroatoms. The van der Waals surface area contributed by atoms with Gasteiger partial charge in [0.2, 0.25) is 0 Å². The van der Waals surface area contributed by atoms with Crippen molar-refractivity contribution in [1.82, 2.24) is 0 Å². The fraction of sp³-hybridized carbons (Fsp3) is 0.500. The lowest BCUT2D eigenvalue weighted by atomic mass is 9.89. The number of halogens is 2. The summed E-state index contributed by atoms with van der Waals surface area (Å²) in [5, 5.41) is 9.00. The average Bonchev–Trinajstić information content (AvgIpc) is 3.15. The zero-order chi connectivity index (χ0) is 14.0. The van der Waals surface area contributed by atoms with Gasteiger partial charge in [-0.25, -0.2) is 4.39 Å². The third-order valence-electron chi connectivity index (χ3n) is 3.41. The molecule has 0 spiro atoms. The molecule has 0 saturated heterocycles. The molecule has 0 aliphatic heterocycles. The molecule has 1 aromatic carbocycles. The van der Waals surface area contributed by atoms with Gasteiger partial charge >= 0.3 is 5.97 Å². The molecular weight excluding hydrogens is 315 g/mol. The first-order valence-electron chi connectivity index (χ1n) is 6.21. The van der Waals surface area contributed by atoms with Gasteiger partial charge in [0, 0.05) is 13.0 Å². The first kappa shape index (κ1) is 14.5. The number of methoxy groups -OCH3 is 1. The van der Waals surface area contributed by atoms with Crippen molar-refractivity contribution in [3.8, 4) is 0 Å². The second kappa shape index (κ2) is 6.01. The highest BCUT2D eigenvalue weighted by atomic mass is 79.9. The number of aliphatic carboxylic acids is 1. The van der Waals surface area contributed by atoms with Crippen LogP contribution in [0.5, 0.6) is 0 Å². The molecule has 1 atom stereocenters. The van der Waals surface area contributed by atoms with Gasteiger partial charge in [-0.2, -0.15) is 0 Å². The number of carboxylic acids is 1. The van der Waals surface area contributed by atoms with Crippen LogP contribution in [-0.2, 0) is 16.1 Å². The van der Waals surface area contributed by atoms with Crippen molar-refractivity contribution in [2.24, 2.45) is 5.92 Å². The maximum absolute atomic E-state index is 14.2. The van der Waals surface area contributed by atoms with Gasteiger partial charge in [0.25, 0.3) is 0 Å². The van der Waals surface area contributed by atoms with Crippen LogP contribution in [-0.4, -0.2) is 18.2 Å². The van der Waals surface area contributed by atoms with Gasteiger partial charge in [-0.05, 0) is 51.9 Å². The molecule has 0 aromatic heterocycles. The monoisotopic (exact) mass is 330 g/mol. The third-order valence-corrected chi connectivity index (χ3v) is 3.99. The lowest BCUT2D eigenvalue weighted by molar-refractivity contribution is -0.137. The Hall–Kier alpha value is -0.940. The van der Waals surface area contributed by atoms with E-state index in [1.54, 1.807) is 19.2 Å². The molecule has 1 aliphatic rings. The van der Waals surface area contributed by atoms with Crippen LogP contribution in [0.4, 0.5) is 4.39 Å². The molecule has 104 valence electrons. The summed E-state index contributed by atoms with van der Waals surface area (Å²) in [5.41, 5.74) is 1.34. The predicted octanol–water partition coefficient (Wildman–Crippen LogP) is 3.70. The van der Waals surface area contributed by atoms with Crippen molar-refractivity contribution < 1.29 is 19.0 Å². The van der Waals surface area contributed by atoms with Crippen molar-refractivity contribution >= 4 is 21.9 Å². The smallest absolute Gasteiger partial charge is 0.303 e. The number of hydrogen-bond donors (Lipinski definition) is 1. The quantitative estimate of drug-likeness (QED) is 0.864. The van der Waals surface area contributed by atoms with Gasteiger partial charge < -0.3 is 9.84 Å². The Morgan fingerprint density at radius 1 is 1.58 bits per heavy atom. The Kier molecular flexibility index (Phi) is 4.58. The van der Waals surface area contributed by atoms with Crippen molar-refractivity contribution in [2.45, 2.75) is 31.8 Å². The van der Waals surface area contributed by atoms with Gasteiger partial charge in [-0.15, -0.1) is 0 Å². The number of rotatable bonds is 6. The normalized spacial score (nSPS) is 16.4. The summed E-state index contributed by atoms with van der Waals surface area (Å²) in [7, 11) is 1.58. The van der Waals surface area contributed by atoms with E-state index in [9.17, 15) is 9.18 Å². The molecule has 1 aromatic rings. The molecule has 1 saturated carbocycles. The maximum Gasteiger partial charge on any atom is 0.303 e. The molecule has 0 bridgehead atoms. The van der Waals surface area contributed by atoms with Crippen molar-refractivity contribution in [1.29, 1.82) is 0 Å². The second-order valence-electron chi connectivity index (χ2n) is 4.96. The van der Waals surface area contributed by atoms with Gasteiger partial charge in [-0.1, -0.05) is 6.07 Å². The molecule has 0 heterocycles. The number of benzene rings is 1. The van der Waals surface area contributed by atoms with E-state index in [1.807, 2.05) is 0 Å². The summed E-state index contributed by atoms with van der Waals surface area (Å²) < 4.78 is 19.7. The van der Waals surface area contributed by atoms with Gasteiger partial charge in [0.05, 0.1) is 17.5 Å². The average molecular weight is 331 g/mol. The van der Waals surface area contributed by atoms with E-state index in [-0.39, 0.29) is 24.1 Å². The SMILES string of the molecule is COCc1cc(Br)c(F)c(C(CC(=O)O)C2CC2)c1. The highest BCUT2D eigenvalue weighted by Gasteiger charge is 2.35. The molecule has 1 aliphatic carbocycles. The van der Waals surface area contributed by atoms with Crippen LogP contribution in [0.25, 0.3) is 0 Å². The van der Waals surface area contributed by atoms with Crippen LogP contribution in [0.1, 0.15) is 36.3 Å². The van der Waals surface area contributed by atoms with E-state index in [4.69, 9.17) is 9.84 Å². The maximum atomic E-state index is 14.2. The molecule has 1 unspecified atom stereocenters. The zero-order valence-electron chi connectivity index (χ0n) is 10.7. The minimum atomic E-state index is -0.885. The summed E-state index contributed by atoms with van der Waals surface area (Å²) in [4.78, 5) is 11.0. The van der Waals surface area contributed by atoms with Crippen LogP contribution in [0, 0.1) is 11.7 Å². The van der Waals surface area contributed by atoms with E-state index >= 15 is 0 Å². The number of carbonyl (C=O) groups is 1. The Bertz CT molecular complexity index is 486. The summed E-state index contributed by atoms with van der Waals surface area (Å²) in [6.45, 7) is 0.385. The van der Waals surface area contributed by atoms with E-state index in [0.717, 1.165) is 18.4 Å². The van der Waals surface area contributed by atoms with Crippen molar-refractivity contribution in [3.63, 3.8) is 0 Å². The molecule has 0 radical (unpaired) electrons. The highest BCUT2D eigenvalue weighted by Crippen LogP contribution is 2.46. The number of hydrogen-bond acceptors (Lipinski definition) is 2. The third kappa shape index (κ3) is 3.54. The second-order valence-corrected chi connectivity index (χ2v) is 5.81. The number of ether oxygens (including phenoxy) is 1. The van der Waals surface area contributed by atoms with Crippen LogP contribution >= 0.6 is 15.9 Å². The van der Waals surface area contributed by atoms with Crippen LogP contribution in [0.2, 0.25) is 0 Å². The predicted molar refractivity (Wildman–Crippen MR) is 72.5 cm³/mol. The summed E-state index contributed by atoms with van der Waals surface area (Å²) in [6.07, 6.45) is 1.93. The first-order chi connectivity index (χ1) is 9.02. The molecule has 0 amide bonds. The fourth-order valence-corrected chi connectivity index (χ4v) is 2.93. The van der Waals surface area contributed by atoms with Gasteiger partial charge in [-0.3, -0.25) is 4.79 Å². The van der Waals surface area contributed by atoms with Crippen LogP contribution < -0.4 is 0 Å². The standard InChI is InChI=1S/C14H16BrFO3/c1-19-7-8-4-11(14(16)12(15)5-8)10(6-13(17)18)9-2-3-9/h4-5,9-10H,2-3,6-7H2,1H3,(H,17,18). The highest BCUT2D eigenvalue weighted by molar-refractivity contribution is 9.10. The molecule has 3 nitrogen and oxygen atoms in total. The first-order valence-corrected chi connectivity index (χ1v) is 7.00. The molecule has 1 fully saturated rings. The minimum absolute atomic E-state index is 0.0234. The lowest BCUT2D eigenvalue weighted by Crippen LogP contribution is -2.11. The Morgan fingerprint density at radius 2 is 2.26 bits per heavy atom. The Labute approximate surface area is 119 Å². The fourth-order valence-electron chi connectivity index (χ4n) is 2.41. The van der Waals surface area contributed by atoms with E-state index in [1.165, 1.54) is 0 Å². The van der Waals surface area contributed by atoms with E-state index in [2.05, 4.69) is 15.9 Å². The van der Waals surface area contributed by atoms with Gasteiger partial charge in [0.15, 0.2) is 0 Å². The summed E-state index contributed by atoms with van der Waals surface area (Å²) >= 11 is 3.19. The van der Waals surface area contributed by atoms with Crippen molar-refractivity contribution in [3.05, 3.63) is 33.5 Å².